The molecule has 142 valence electrons. The summed E-state index contributed by atoms with van der Waals surface area (Å²) in [7, 11) is 0. The molecule has 28 heavy (non-hydrogen) atoms. The van der Waals surface area contributed by atoms with E-state index in [0.717, 1.165) is 6.07 Å². The zero-order chi connectivity index (χ0) is 20.1. The Hall–Kier alpha value is -4.08. The molecule has 0 fully saturated rings. The lowest BCUT2D eigenvalue weighted by molar-refractivity contribution is -0.116. The molecular formula is C18H15FN6O3. The molecule has 0 spiro atoms. The number of carbonyl (C=O) groups is 3. The molecule has 10 heteroatoms. The van der Waals surface area contributed by atoms with Crippen molar-refractivity contribution in [3.05, 3.63) is 72.1 Å². The molecule has 0 bridgehead atoms. The highest BCUT2D eigenvalue weighted by Crippen LogP contribution is 2.20. The average molecular weight is 382 g/mol. The Morgan fingerprint density at radius 1 is 1.07 bits per heavy atom. The Balaban J connectivity index is 1.72. The van der Waals surface area contributed by atoms with Crippen molar-refractivity contribution >= 4 is 29.1 Å². The van der Waals surface area contributed by atoms with Gasteiger partial charge in [0, 0.05) is 16.8 Å². The van der Waals surface area contributed by atoms with E-state index in [1.807, 2.05) is 0 Å². The number of primary amides is 1. The van der Waals surface area contributed by atoms with Gasteiger partial charge in [-0.05, 0) is 36.4 Å². The summed E-state index contributed by atoms with van der Waals surface area (Å²) in [5, 5.41) is 8.78. The second-order valence-corrected chi connectivity index (χ2v) is 5.74. The Morgan fingerprint density at radius 2 is 1.86 bits per heavy atom. The van der Waals surface area contributed by atoms with Gasteiger partial charge in [-0.1, -0.05) is 6.07 Å². The first-order chi connectivity index (χ1) is 13.4. The van der Waals surface area contributed by atoms with Crippen molar-refractivity contribution in [2.24, 2.45) is 5.73 Å². The molecule has 3 rings (SSSR count). The van der Waals surface area contributed by atoms with Crippen LogP contribution >= 0.6 is 0 Å². The number of nitrogens with one attached hydrogen (secondary N) is 2. The third kappa shape index (κ3) is 4.55. The minimum absolute atomic E-state index is 0.103. The van der Waals surface area contributed by atoms with E-state index in [9.17, 15) is 18.8 Å². The summed E-state index contributed by atoms with van der Waals surface area (Å²) in [4.78, 5) is 39.3. The van der Waals surface area contributed by atoms with Crippen LogP contribution in [0.5, 0.6) is 0 Å². The largest absolute Gasteiger partial charge is 0.366 e. The van der Waals surface area contributed by atoms with Gasteiger partial charge in [-0.2, -0.15) is 5.10 Å². The van der Waals surface area contributed by atoms with Crippen LogP contribution in [0.15, 0.2) is 55.1 Å². The number of halogens is 1. The zero-order valence-corrected chi connectivity index (χ0v) is 14.4. The molecule has 0 aliphatic rings. The molecule has 0 radical (unpaired) electrons. The SMILES string of the molecule is NC(=O)c1cccc(C(=O)Nc2ccc(F)c(NC(=O)Cn3cncn3)c2)c1. The van der Waals surface area contributed by atoms with Crippen LogP contribution in [-0.2, 0) is 11.3 Å². The van der Waals surface area contributed by atoms with Crippen LogP contribution in [-0.4, -0.2) is 32.5 Å². The number of nitrogens with zero attached hydrogens (tertiary/aromatic N) is 3. The first-order valence-corrected chi connectivity index (χ1v) is 8.05. The van der Waals surface area contributed by atoms with Gasteiger partial charge in [0.1, 0.15) is 25.0 Å². The summed E-state index contributed by atoms with van der Waals surface area (Å²) in [6.07, 6.45) is 2.63. The quantitative estimate of drug-likeness (QED) is 0.593. The molecule has 0 aliphatic carbocycles. The molecule has 4 N–H and O–H groups in total. The molecule has 0 atom stereocenters. The maximum Gasteiger partial charge on any atom is 0.255 e. The maximum absolute atomic E-state index is 14.0. The van der Waals surface area contributed by atoms with Crippen molar-refractivity contribution in [3.8, 4) is 0 Å². The zero-order valence-electron chi connectivity index (χ0n) is 14.4. The fourth-order valence-corrected chi connectivity index (χ4v) is 2.37. The van der Waals surface area contributed by atoms with Crippen LogP contribution in [0, 0.1) is 5.82 Å². The third-order valence-electron chi connectivity index (χ3n) is 3.68. The molecule has 0 saturated carbocycles. The minimum Gasteiger partial charge on any atom is -0.366 e. The van der Waals surface area contributed by atoms with Gasteiger partial charge in [0.2, 0.25) is 11.8 Å². The summed E-state index contributed by atoms with van der Waals surface area (Å²) in [6, 6.07) is 9.60. The molecule has 3 aromatic rings. The summed E-state index contributed by atoms with van der Waals surface area (Å²) >= 11 is 0. The number of carbonyl (C=O) groups excluding carboxylic acids is 3. The van der Waals surface area contributed by atoms with E-state index < -0.39 is 23.5 Å². The first-order valence-electron chi connectivity index (χ1n) is 8.05. The van der Waals surface area contributed by atoms with Crippen molar-refractivity contribution in [1.82, 2.24) is 14.8 Å². The minimum atomic E-state index is -0.666. The van der Waals surface area contributed by atoms with E-state index in [-0.39, 0.29) is 29.0 Å². The number of amides is 3. The van der Waals surface area contributed by atoms with Gasteiger partial charge in [-0.15, -0.1) is 0 Å². The molecule has 0 aliphatic heterocycles. The summed E-state index contributed by atoms with van der Waals surface area (Å²) in [6.45, 7) is -0.143. The summed E-state index contributed by atoms with van der Waals surface area (Å²) < 4.78 is 15.3. The maximum atomic E-state index is 14.0. The predicted molar refractivity (Wildman–Crippen MR) is 98.0 cm³/mol. The van der Waals surface area contributed by atoms with Crippen molar-refractivity contribution in [2.45, 2.75) is 6.54 Å². The van der Waals surface area contributed by atoms with Crippen LogP contribution in [0.3, 0.4) is 0 Å². The van der Waals surface area contributed by atoms with Crippen LogP contribution in [0.2, 0.25) is 0 Å². The second-order valence-electron chi connectivity index (χ2n) is 5.74. The lowest BCUT2D eigenvalue weighted by Crippen LogP contribution is -2.20. The molecule has 9 nitrogen and oxygen atoms in total. The van der Waals surface area contributed by atoms with Crippen molar-refractivity contribution in [3.63, 3.8) is 0 Å². The molecule has 2 aromatic carbocycles. The lowest BCUT2D eigenvalue weighted by atomic mass is 10.1. The predicted octanol–water partition coefficient (Wildman–Crippen LogP) is 1.41. The highest BCUT2D eigenvalue weighted by atomic mass is 19.1. The van der Waals surface area contributed by atoms with Crippen LogP contribution < -0.4 is 16.4 Å². The van der Waals surface area contributed by atoms with E-state index in [4.69, 9.17) is 5.73 Å². The van der Waals surface area contributed by atoms with Crippen molar-refractivity contribution in [1.29, 1.82) is 0 Å². The van der Waals surface area contributed by atoms with Crippen molar-refractivity contribution < 1.29 is 18.8 Å². The number of benzene rings is 2. The fourth-order valence-electron chi connectivity index (χ4n) is 2.37. The monoisotopic (exact) mass is 382 g/mol. The third-order valence-corrected chi connectivity index (χ3v) is 3.68. The van der Waals surface area contributed by atoms with E-state index in [1.54, 1.807) is 0 Å². The van der Waals surface area contributed by atoms with E-state index in [0.29, 0.717) is 0 Å². The Bertz CT molecular complexity index is 1040. The van der Waals surface area contributed by atoms with Gasteiger partial charge < -0.3 is 16.4 Å². The van der Waals surface area contributed by atoms with Gasteiger partial charge in [0.15, 0.2) is 0 Å². The highest BCUT2D eigenvalue weighted by Gasteiger charge is 2.12. The smallest absolute Gasteiger partial charge is 0.255 e. The molecule has 0 unspecified atom stereocenters. The molecule has 0 saturated heterocycles. The van der Waals surface area contributed by atoms with Gasteiger partial charge >= 0.3 is 0 Å². The molecule has 3 amide bonds. The number of aromatic nitrogens is 3. The molecule has 1 heterocycles. The highest BCUT2D eigenvalue weighted by molar-refractivity contribution is 6.06. The first kappa shape index (κ1) is 18.7. The number of hydrogen-bond acceptors (Lipinski definition) is 5. The number of anilines is 2. The van der Waals surface area contributed by atoms with Gasteiger partial charge in [-0.3, -0.25) is 14.4 Å². The van der Waals surface area contributed by atoms with E-state index in [2.05, 4.69) is 20.7 Å². The average Bonchev–Trinajstić information content (AvgIpc) is 3.17. The van der Waals surface area contributed by atoms with Gasteiger partial charge in [-0.25, -0.2) is 14.1 Å². The standard InChI is InChI=1S/C18H15FN6O3/c19-14-5-4-13(7-15(14)24-16(26)8-25-10-21-9-22-25)23-18(28)12-3-1-2-11(6-12)17(20)27/h1-7,9-10H,8H2,(H2,20,27)(H,23,28)(H,24,26). The Labute approximate surface area is 158 Å². The fraction of sp³-hybridized carbons (Fsp3) is 0.0556. The molecule has 1 aromatic heterocycles. The van der Waals surface area contributed by atoms with E-state index in [1.165, 1.54) is 53.7 Å². The lowest BCUT2D eigenvalue weighted by Gasteiger charge is -2.10. The van der Waals surface area contributed by atoms with Gasteiger partial charge in [0.25, 0.3) is 5.91 Å². The molecular weight excluding hydrogens is 367 g/mol. The second kappa shape index (κ2) is 8.08. The number of nitrogens with two attached hydrogens (primary N) is 1. The van der Waals surface area contributed by atoms with Gasteiger partial charge in [0.05, 0.1) is 5.69 Å². The summed E-state index contributed by atoms with van der Waals surface area (Å²) in [5.74, 6) is -2.36. The normalized spacial score (nSPS) is 10.3. The van der Waals surface area contributed by atoms with Crippen molar-refractivity contribution in [2.75, 3.05) is 10.6 Å². The number of hydrogen-bond donors (Lipinski definition) is 3. The van der Waals surface area contributed by atoms with Crippen LogP contribution in [0.25, 0.3) is 0 Å². The Kier molecular flexibility index (Phi) is 5.40. The van der Waals surface area contributed by atoms with E-state index >= 15 is 0 Å². The topological polar surface area (TPSA) is 132 Å². The summed E-state index contributed by atoms with van der Waals surface area (Å²) in [5.41, 5.74) is 5.75. The Morgan fingerprint density at radius 3 is 2.57 bits per heavy atom. The number of rotatable bonds is 6. The van der Waals surface area contributed by atoms with Crippen LogP contribution in [0.1, 0.15) is 20.7 Å². The van der Waals surface area contributed by atoms with Crippen LogP contribution in [0.4, 0.5) is 15.8 Å².